The molecule has 1 aromatic rings. The fourth-order valence-corrected chi connectivity index (χ4v) is 2.51. The first kappa shape index (κ1) is 14.6. The molecule has 0 fully saturated rings. The van der Waals surface area contributed by atoms with E-state index in [2.05, 4.69) is 36.4 Å². The summed E-state index contributed by atoms with van der Waals surface area (Å²) < 4.78 is 11.1. The average Bonchev–Trinajstić information content (AvgIpc) is 2.82. The lowest BCUT2D eigenvalue weighted by Crippen LogP contribution is -2.34. The molecule has 1 aromatic heterocycles. The lowest BCUT2D eigenvalue weighted by molar-refractivity contribution is -0.147. The second-order valence-electron chi connectivity index (χ2n) is 3.97. The molecule has 0 spiro atoms. The Morgan fingerprint density at radius 3 is 2.41 bits per heavy atom. The van der Waals surface area contributed by atoms with Crippen LogP contribution in [0.2, 0.25) is 0 Å². The summed E-state index contributed by atoms with van der Waals surface area (Å²) in [7, 11) is 2.11. The normalized spacial score (nSPS) is 13.5. The fourth-order valence-electron chi connectivity index (χ4n) is 1.66. The Balaban J connectivity index is 2.48. The smallest absolute Gasteiger partial charge is 0.170 e. The third-order valence-corrected chi connectivity index (χ3v) is 3.80. The van der Waals surface area contributed by atoms with E-state index in [0.29, 0.717) is 19.3 Å². The van der Waals surface area contributed by atoms with Gasteiger partial charge in [0.2, 0.25) is 0 Å². The number of rotatable bonds is 8. The van der Waals surface area contributed by atoms with Crippen molar-refractivity contribution in [1.82, 2.24) is 4.90 Å². The van der Waals surface area contributed by atoms with Gasteiger partial charge in [-0.1, -0.05) is 6.07 Å². The quantitative estimate of drug-likeness (QED) is 0.668. The molecule has 98 valence electrons. The zero-order valence-corrected chi connectivity index (χ0v) is 12.0. The summed E-state index contributed by atoms with van der Waals surface area (Å²) in [6.45, 7) is 8.36. The largest absolute Gasteiger partial charge is 0.352 e. The summed E-state index contributed by atoms with van der Waals surface area (Å²) in [6, 6.07) is 4.66. The Morgan fingerprint density at radius 2 is 1.94 bits per heavy atom. The van der Waals surface area contributed by atoms with E-state index < -0.39 is 0 Å². The Kier molecular flexibility index (Phi) is 6.73. The monoisotopic (exact) mass is 257 g/mol. The van der Waals surface area contributed by atoms with Crippen LogP contribution in [0.25, 0.3) is 0 Å². The highest BCUT2D eigenvalue weighted by molar-refractivity contribution is 7.10. The van der Waals surface area contributed by atoms with Gasteiger partial charge in [0.05, 0.1) is 0 Å². The first-order valence-electron chi connectivity index (χ1n) is 6.15. The van der Waals surface area contributed by atoms with Gasteiger partial charge in [0.25, 0.3) is 0 Å². The Labute approximate surface area is 108 Å². The molecule has 3 nitrogen and oxygen atoms in total. The molecule has 4 heteroatoms. The first-order valence-corrected chi connectivity index (χ1v) is 7.03. The van der Waals surface area contributed by atoms with Crippen molar-refractivity contribution in [2.75, 3.05) is 26.8 Å². The van der Waals surface area contributed by atoms with E-state index in [-0.39, 0.29) is 6.29 Å². The minimum absolute atomic E-state index is 0.127. The molecule has 17 heavy (non-hydrogen) atoms. The molecule has 0 N–H and O–H groups in total. The molecule has 1 unspecified atom stereocenters. The molecule has 0 radical (unpaired) electrons. The zero-order chi connectivity index (χ0) is 12.7. The van der Waals surface area contributed by atoms with Crippen LogP contribution in [0.5, 0.6) is 0 Å². The minimum atomic E-state index is -0.127. The van der Waals surface area contributed by atoms with Crippen molar-refractivity contribution in [2.24, 2.45) is 0 Å². The van der Waals surface area contributed by atoms with Gasteiger partial charge in [-0.05, 0) is 39.3 Å². The van der Waals surface area contributed by atoms with Crippen molar-refractivity contribution in [3.8, 4) is 0 Å². The highest BCUT2D eigenvalue weighted by Crippen LogP contribution is 2.23. The molecule has 0 amide bonds. The summed E-state index contributed by atoms with van der Waals surface area (Å²) in [6.07, 6.45) is -0.127. The maximum absolute atomic E-state index is 5.56. The number of likely N-dealkylation sites (N-methyl/N-ethyl adjacent to an activating group) is 1. The van der Waals surface area contributed by atoms with Crippen molar-refractivity contribution in [3.05, 3.63) is 22.4 Å². The van der Waals surface area contributed by atoms with E-state index in [1.807, 2.05) is 13.8 Å². The molecule has 0 saturated carbocycles. The highest BCUT2D eigenvalue weighted by atomic mass is 32.1. The Hall–Kier alpha value is -0.420. The Morgan fingerprint density at radius 1 is 1.29 bits per heavy atom. The predicted molar refractivity (Wildman–Crippen MR) is 72.4 cm³/mol. The van der Waals surface area contributed by atoms with Crippen LogP contribution in [0, 0.1) is 0 Å². The number of ether oxygens (including phenoxy) is 2. The van der Waals surface area contributed by atoms with Crippen molar-refractivity contribution in [3.63, 3.8) is 0 Å². The van der Waals surface area contributed by atoms with Gasteiger partial charge in [0.1, 0.15) is 0 Å². The van der Waals surface area contributed by atoms with E-state index in [1.165, 1.54) is 4.88 Å². The lowest BCUT2D eigenvalue weighted by atomic mass is 10.2. The molecule has 0 aliphatic heterocycles. The van der Waals surface area contributed by atoms with Crippen molar-refractivity contribution in [1.29, 1.82) is 0 Å². The third-order valence-electron chi connectivity index (χ3n) is 2.76. The Bertz CT molecular complexity index is 284. The number of thiophene rings is 1. The topological polar surface area (TPSA) is 21.7 Å². The van der Waals surface area contributed by atoms with Crippen LogP contribution in [-0.2, 0) is 9.47 Å². The predicted octanol–water partition coefficient (Wildman–Crippen LogP) is 3.14. The van der Waals surface area contributed by atoms with Gasteiger partial charge >= 0.3 is 0 Å². The summed E-state index contributed by atoms with van der Waals surface area (Å²) in [5.74, 6) is 0. The number of nitrogens with zero attached hydrogens (tertiary/aromatic N) is 1. The zero-order valence-electron chi connectivity index (χ0n) is 11.2. The summed E-state index contributed by atoms with van der Waals surface area (Å²) >= 11 is 1.79. The van der Waals surface area contributed by atoms with Gasteiger partial charge in [0.15, 0.2) is 6.29 Å². The van der Waals surface area contributed by atoms with Crippen LogP contribution in [0.3, 0.4) is 0 Å². The van der Waals surface area contributed by atoms with Gasteiger partial charge in [-0.2, -0.15) is 0 Å². The number of hydrogen-bond acceptors (Lipinski definition) is 4. The lowest BCUT2D eigenvalue weighted by Gasteiger charge is -2.28. The van der Waals surface area contributed by atoms with Gasteiger partial charge in [-0.25, -0.2) is 0 Å². The van der Waals surface area contributed by atoms with Gasteiger partial charge in [0, 0.05) is 30.7 Å². The van der Waals surface area contributed by atoms with Crippen molar-refractivity contribution >= 4 is 11.3 Å². The van der Waals surface area contributed by atoms with Crippen LogP contribution in [0.15, 0.2) is 17.5 Å². The van der Waals surface area contributed by atoms with E-state index in [0.717, 1.165) is 6.54 Å². The molecule has 0 aromatic carbocycles. The van der Waals surface area contributed by atoms with Crippen LogP contribution in [0.1, 0.15) is 31.7 Å². The van der Waals surface area contributed by atoms with Crippen LogP contribution in [-0.4, -0.2) is 38.0 Å². The second kappa shape index (κ2) is 7.82. The van der Waals surface area contributed by atoms with Crippen LogP contribution in [0.4, 0.5) is 0 Å². The number of hydrogen-bond donors (Lipinski definition) is 0. The minimum Gasteiger partial charge on any atom is -0.352 e. The SMILES string of the molecule is CCOC(CN(C)C(C)c1cccs1)OCC. The summed E-state index contributed by atoms with van der Waals surface area (Å²) in [4.78, 5) is 3.64. The molecular formula is C13H23NO2S. The van der Waals surface area contributed by atoms with E-state index >= 15 is 0 Å². The second-order valence-corrected chi connectivity index (χ2v) is 4.95. The highest BCUT2D eigenvalue weighted by Gasteiger charge is 2.17. The van der Waals surface area contributed by atoms with Gasteiger partial charge < -0.3 is 9.47 Å². The maximum atomic E-state index is 5.56. The third kappa shape index (κ3) is 4.76. The van der Waals surface area contributed by atoms with E-state index in [1.54, 1.807) is 11.3 Å². The molecule has 1 heterocycles. The van der Waals surface area contributed by atoms with E-state index in [4.69, 9.17) is 9.47 Å². The fraction of sp³-hybridized carbons (Fsp3) is 0.692. The average molecular weight is 257 g/mol. The molecule has 0 aliphatic rings. The molecule has 1 atom stereocenters. The van der Waals surface area contributed by atoms with Crippen molar-refractivity contribution < 1.29 is 9.47 Å². The van der Waals surface area contributed by atoms with Crippen LogP contribution >= 0.6 is 11.3 Å². The maximum Gasteiger partial charge on any atom is 0.170 e. The van der Waals surface area contributed by atoms with Gasteiger partial charge in [-0.3, -0.25) is 4.90 Å². The van der Waals surface area contributed by atoms with Gasteiger partial charge in [-0.15, -0.1) is 11.3 Å². The molecular weight excluding hydrogens is 234 g/mol. The molecule has 0 saturated heterocycles. The van der Waals surface area contributed by atoms with Crippen LogP contribution < -0.4 is 0 Å². The summed E-state index contributed by atoms with van der Waals surface area (Å²) in [5.41, 5.74) is 0. The van der Waals surface area contributed by atoms with Crippen molar-refractivity contribution in [2.45, 2.75) is 33.1 Å². The van der Waals surface area contributed by atoms with E-state index in [9.17, 15) is 0 Å². The standard InChI is InChI=1S/C13H23NO2S/c1-5-15-13(16-6-2)10-14(4)11(3)12-8-7-9-17-12/h7-9,11,13H,5-6,10H2,1-4H3. The molecule has 0 aliphatic carbocycles. The molecule has 0 bridgehead atoms. The first-order chi connectivity index (χ1) is 8.19. The summed E-state index contributed by atoms with van der Waals surface area (Å²) in [5, 5.41) is 2.11. The molecule has 1 rings (SSSR count).